The summed E-state index contributed by atoms with van der Waals surface area (Å²) >= 11 is 0. The first kappa shape index (κ1) is 14.1. The van der Waals surface area contributed by atoms with Crippen LogP contribution >= 0.6 is 0 Å². The normalized spacial score (nSPS) is 29.5. The van der Waals surface area contributed by atoms with Gasteiger partial charge in [0, 0.05) is 31.8 Å². The van der Waals surface area contributed by atoms with Crippen molar-refractivity contribution < 1.29 is 4.74 Å². The molecule has 0 radical (unpaired) electrons. The van der Waals surface area contributed by atoms with Gasteiger partial charge in [-0.2, -0.15) is 0 Å². The zero-order chi connectivity index (χ0) is 14.1. The first-order valence-electron chi connectivity index (χ1n) is 7.81. The Balaban J connectivity index is 1.83. The Morgan fingerprint density at radius 1 is 1.25 bits per heavy atom. The highest BCUT2D eigenvalue weighted by Crippen LogP contribution is 2.41. The third kappa shape index (κ3) is 2.62. The highest BCUT2D eigenvalue weighted by molar-refractivity contribution is 5.36. The molecule has 3 atom stereocenters. The van der Waals surface area contributed by atoms with Crippen molar-refractivity contribution in [1.29, 1.82) is 0 Å². The Labute approximate surface area is 122 Å². The van der Waals surface area contributed by atoms with Crippen molar-refractivity contribution >= 4 is 0 Å². The molecule has 3 heteroatoms. The van der Waals surface area contributed by atoms with E-state index in [1.807, 2.05) is 0 Å². The van der Waals surface area contributed by atoms with Gasteiger partial charge in [0.1, 0.15) is 0 Å². The number of methoxy groups -OCH3 is 1. The molecule has 2 N–H and O–H groups in total. The summed E-state index contributed by atoms with van der Waals surface area (Å²) in [6.07, 6.45) is 3.81. The number of benzene rings is 1. The second-order valence-electron chi connectivity index (χ2n) is 6.32. The van der Waals surface area contributed by atoms with E-state index in [9.17, 15) is 0 Å². The van der Waals surface area contributed by atoms with Gasteiger partial charge in [-0.1, -0.05) is 31.2 Å². The molecule has 0 aliphatic heterocycles. The maximum Gasteiger partial charge on any atom is 0.0589 e. The lowest BCUT2D eigenvalue weighted by Crippen LogP contribution is -2.48. The van der Waals surface area contributed by atoms with E-state index in [2.05, 4.69) is 36.1 Å². The molecule has 2 aliphatic rings. The molecule has 2 aliphatic carbocycles. The first-order valence-corrected chi connectivity index (χ1v) is 7.81. The maximum absolute atomic E-state index is 6.61. The minimum Gasteiger partial charge on any atom is -0.383 e. The lowest BCUT2D eigenvalue weighted by atomic mass is 9.77. The highest BCUT2D eigenvalue weighted by Gasteiger charge is 2.40. The SMILES string of the molecule is COCCN(C1CC1)C1CC(C)c2ccccc2C1N. The van der Waals surface area contributed by atoms with E-state index in [-0.39, 0.29) is 6.04 Å². The van der Waals surface area contributed by atoms with Gasteiger partial charge in [0.05, 0.1) is 6.61 Å². The second kappa shape index (κ2) is 5.84. The van der Waals surface area contributed by atoms with E-state index in [0.717, 1.165) is 19.2 Å². The van der Waals surface area contributed by atoms with Crippen LogP contribution in [-0.4, -0.2) is 37.2 Å². The Bertz CT molecular complexity index is 458. The molecular formula is C17H26N2O. The smallest absolute Gasteiger partial charge is 0.0589 e. The van der Waals surface area contributed by atoms with Gasteiger partial charge >= 0.3 is 0 Å². The molecule has 1 aromatic carbocycles. The third-order valence-corrected chi connectivity index (χ3v) is 4.89. The van der Waals surface area contributed by atoms with Crippen molar-refractivity contribution in [1.82, 2.24) is 4.90 Å². The Morgan fingerprint density at radius 3 is 2.60 bits per heavy atom. The van der Waals surface area contributed by atoms with Gasteiger partial charge in [-0.25, -0.2) is 0 Å². The number of ether oxygens (including phenoxy) is 1. The molecule has 1 aromatic rings. The average molecular weight is 274 g/mol. The van der Waals surface area contributed by atoms with Gasteiger partial charge < -0.3 is 10.5 Å². The fourth-order valence-electron chi connectivity index (χ4n) is 3.67. The van der Waals surface area contributed by atoms with E-state index in [1.54, 1.807) is 7.11 Å². The second-order valence-corrected chi connectivity index (χ2v) is 6.32. The molecule has 1 fully saturated rings. The fourth-order valence-corrected chi connectivity index (χ4v) is 3.67. The summed E-state index contributed by atoms with van der Waals surface area (Å²) in [5, 5.41) is 0. The molecule has 0 saturated heterocycles. The Hall–Kier alpha value is -0.900. The summed E-state index contributed by atoms with van der Waals surface area (Å²) in [4.78, 5) is 2.61. The Kier molecular flexibility index (Phi) is 4.11. The summed E-state index contributed by atoms with van der Waals surface area (Å²) in [7, 11) is 1.78. The summed E-state index contributed by atoms with van der Waals surface area (Å²) < 4.78 is 5.29. The van der Waals surface area contributed by atoms with Crippen molar-refractivity contribution in [2.45, 2.75) is 50.2 Å². The van der Waals surface area contributed by atoms with Crippen LogP contribution in [-0.2, 0) is 4.74 Å². The molecule has 0 spiro atoms. The van der Waals surface area contributed by atoms with Crippen LogP contribution < -0.4 is 5.73 Å². The summed E-state index contributed by atoms with van der Waals surface area (Å²) in [5.74, 6) is 0.597. The number of rotatable bonds is 5. The van der Waals surface area contributed by atoms with Crippen LogP contribution in [0.4, 0.5) is 0 Å². The number of fused-ring (bicyclic) bond motifs is 1. The van der Waals surface area contributed by atoms with Crippen LogP contribution in [0.15, 0.2) is 24.3 Å². The zero-order valence-electron chi connectivity index (χ0n) is 12.6. The van der Waals surface area contributed by atoms with Gasteiger partial charge in [0.2, 0.25) is 0 Å². The Morgan fingerprint density at radius 2 is 1.95 bits per heavy atom. The van der Waals surface area contributed by atoms with Crippen molar-refractivity contribution in [2.24, 2.45) is 5.73 Å². The molecule has 3 nitrogen and oxygen atoms in total. The van der Waals surface area contributed by atoms with Crippen molar-refractivity contribution in [3.8, 4) is 0 Å². The summed E-state index contributed by atoms with van der Waals surface area (Å²) in [5.41, 5.74) is 9.40. The molecule has 0 bridgehead atoms. The van der Waals surface area contributed by atoms with E-state index < -0.39 is 0 Å². The van der Waals surface area contributed by atoms with Crippen LogP contribution in [0.1, 0.15) is 49.3 Å². The standard InChI is InChI=1S/C17H26N2O/c1-12-11-16(19(9-10-20-2)13-7-8-13)17(18)15-6-4-3-5-14(12)15/h3-6,12-13,16-17H,7-11,18H2,1-2H3. The monoisotopic (exact) mass is 274 g/mol. The number of hydrogen-bond acceptors (Lipinski definition) is 3. The first-order chi connectivity index (χ1) is 9.72. The predicted octanol–water partition coefficient (Wildman–Crippen LogP) is 2.67. The molecule has 0 heterocycles. The van der Waals surface area contributed by atoms with Crippen LogP contribution in [0.2, 0.25) is 0 Å². The van der Waals surface area contributed by atoms with E-state index in [0.29, 0.717) is 12.0 Å². The number of nitrogens with two attached hydrogens (primary N) is 1. The lowest BCUT2D eigenvalue weighted by molar-refractivity contribution is 0.0908. The van der Waals surface area contributed by atoms with Crippen LogP contribution in [0.25, 0.3) is 0 Å². The van der Waals surface area contributed by atoms with Crippen molar-refractivity contribution in [2.75, 3.05) is 20.3 Å². The lowest BCUT2D eigenvalue weighted by Gasteiger charge is -2.42. The molecule has 0 aromatic heterocycles. The molecule has 0 amide bonds. The summed E-state index contributed by atoms with van der Waals surface area (Å²) in [6, 6.07) is 10.0. The largest absolute Gasteiger partial charge is 0.383 e. The third-order valence-electron chi connectivity index (χ3n) is 4.89. The van der Waals surface area contributed by atoms with Crippen LogP contribution in [0.5, 0.6) is 0 Å². The molecular weight excluding hydrogens is 248 g/mol. The molecule has 110 valence electrons. The van der Waals surface area contributed by atoms with Gasteiger partial charge in [-0.3, -0.25) is 4.90 Å². The molecule has 3 rings (SSSR count). The molecule has 3 unspecified atom stereocenters. The van der Waals surface area contributed by atoms with Crippen LogP contribution in [0.3, 0.4) is 0 Å². The average Bonchev–Trinajstić information content (AvgIpc) is 3.29. The predicted molar refractivity (Wildman–Crippen MR) is 81.8 cm³/mol. The van der Waals surface area contributed by atoms with Gasteiger partial charge in [-0.05, 0) is 36.3 Å². The van der Waals surface area contributed by atoms with Crippen molar-refractivity contribution in [3.63, 3.8) is 0 Å². The minimum absolute atomic E-state index is 0.139. The number of hydrogen-bond donors (Lipinski definition) is 1. The minimum atomic E-state index is 0.139. The number of nitrogens with zero attached hydrogens (tertiary/aromatic N) is 1. The van der Waals surface area contributed by atoms with E-state index in [1.165, 1.54) is 30.4 Å². The molecule has 1 saturated carbocycles. The van der Waals surface area contributed by atoms with Crippen LogP contribution in [0, 0.1) is 0 Å². The maximum atomic E-state index is 6.61. The fraction of sp³-hybridized carbons (Fsp3) is 0.647. The van der Waals surface area contributed by atoms with E-state index in [4.69, 9.17) is 10.5 Å². The summed E-state index contributed by atoms with van der Waals surface area (Å²) in [6.45, 7) is 4.14. The zero-order valence-corrected chi connectivity index (χ0v) is 12.6. The van der Waals surface area contributed by atoms with E-state index >= 15 is 0 Å². The van der Waals surface area contributed by atoms with Gasteiger partial charge in [0.15, 0.2) is 0 Å². The highest BCUT2D eigenvalue weighted by atomic mass is 16.5. The quantitative estimate of drug-likeness (QED) is 0.897. The van der Waals surface area contributed by atoms with Gasteiger partial charge in [0.25, 0.3) is 0 Å². The van der Waals surface area contributed by atoms with Crippen molar-refractivity contribution in [3.05, 3.63) is 35.4 Å². The molecule has 20 heavy (non-hydrogen) atoms. The topological polar surface area (TPSA) is 38.5 Å². The van der Waals surface area contributed by atoms with Gasteiger partial charge in [-0.15, -0.1) is 0 Å².